The highest BCUT2D eigenvalue weighted by Crippen LogP contribution is 2.43. The Bertz CT molecular complexity index is 2150. The monoisotopic (exact) mass is 698 g/mol. The van der Waals surface area contributed by atoms with E-state index in [1.54, 1.807) is 47.5 Å². The SMILES string of the molecule is Cc1cnc(N2CC3(CCOCC3)C2)c(C(=O)Nc2ccc(C(=O)N3CCc4sc(C(=O)Nc5ccccc5N)cc4-c4ccccc43)cc2)c1. The number of carbonyl (C=O) groups is 3. The van der Waals surface area contributed by atoms with Crippen molar-refractivity contribution in [2.45, 2.75) is 26.2 Å². The summed E-state index contributed by atoms with van der Waals surface area (Å²) >= 11 is 1.43. The van der Waals surface area contributed by atoms with Gasteiger partial charge in [-0.2, -0.15) is 0 Å². The quantitative estimate of drug-likeness (QED) is 0.163. The van der Waals surface area contributed by atoms with Crippen LogP contribution in [0.2, 0.25) is 0 Å². The Kier molecular flexibility index (Phi) is 8.53. The highest BCUT2D eigenvalue weighted by atomic mass is 32.1. The number of nitrogens with one attached hydrogen (secondary N) is 2. The topological polar surface area (TPSA) is 130 Å². The van der Waals surface area contributed by atoms with Crippen LogP contribution in [0, 0.1) is 12.3 Å². The molecule has 0 radical (unpaired) electrons. The highest BCUT2D eigenvalue weighted by Gasteiger charge is 2.45. The Morgan fingerprint density at radius 3 is 2.41 bits per heavy atom. The number of nitrogen functional groups attached to an aromatic ring is 1. The van der Waals surface area contributed by atoms with Gasteiger partial charge in [-0.3, -0.25) is 14.4 Å². The molecular formula is C40H38N6O4S. The number of hydrogen-bond acceptors (Lipinski definition) is 8. The van der Waals surface area contributed by atoms with Crippen LogP contribution in [0.15, 0.2) is 91.1 Å². The number of aromatic nitrogens is 1. The van der Waals surface area contributed by atoms with Crippen molar-refractivity contribution in [3.8, 4) is 11.1 Å². The molecule has 11 heteroatoms. The number of hydrogen-bond donors (Lipinski definition) is 3. The molecule has 0 atom stereocenters. The number of para-hydroxylation sites is 3. The van der Waals surface area contributed by atoms with Gasteiger partial charge < -0.3 is 30.9 Å². The molecule has 5 aromatic rings. The lowest BCUT2D eigenvalue weighted by molar-refractivity contribution is -0.000511. The number of rotatable bonds is 6. The predicted octanol–water partition coefficient (Wildman–Crippen LogP) is 7.03. The lowest BCUT2D eigenvalue weighted by Crippen LogP contribution is -2.59. The van der Waals surface area contributed by atoms with Crippen LogP contribution in [0.3, 0.4) is 0 Å². The van der Waals surface area contributed by atoms with Gasteiger partial charge in [-0.15, -0.1) is 11.3 Å². The molecule has 3 aliphatic rings. The summed E-state index contributed by atoms with van der Waals surface area (Å²) in [5.41, 5.74) is 12.5. The maximum atomic E-state index is 14.0. The second-order valence-electron chi connectivity index (χ2n) is 13.6. The van der Waals surface area contributed by atoms with Gasteiger partial charge in [-0.05, 0) is 85.5 Å². The molecule has 3 amide bonds. The zero-order valence-corrected chi connectivity index (χ0v) is 29.1. The number of benzene rings is 3. The van der Waals surface area contributed by atoms with Crippen LogP contribution >= 0.6 is 11.3 Å². The van der Waals surface area contributed by atoms with Gasteiger partial charge in [-0.25, -0.2) is 4.98 Å². The van der Waals surface area contributed by atoms with Gasteiger partial charge in [-0.1, -0.05) is 30.3 Å². The Morgan fingerprint density at radius 1 is 0.882 bits per heavy atom. The summed E-state index contributed by atoms with van der Waals surface area (Å²) in [5, 5.41) is 5.95. The van der Waals surface area contributed by atoms with Crippen molar-refractivity contribution in [2.24, 2.45) is 5.41 Å². The van der Waals surface area contributed by atoms with Gasteiger partial charge in [0, 0.05) is 72.6 Å². The third-order valence-electron chi connectivity index (χ3n) is 10.1. The summed E-state index contributed by atoms with van der Waals surface area (Å²) in [6, 6.07) is 25.8. The number of aryl methyl sites for hydroxylation is 1. The molecule has 3 aliphatic heterocycles. The van der Waals surface area contributed by atoms with Crippen LogP contribution in [-0.4, -0.2) is 55.6 Å². The van der Waals surface area contributed by atoms with Gasteiger partial charge in [0.2, 0.25) is 0 Å². The first-order chi connectivity index (χ1) is 24.8. The molecule has 2 saturated heterocycles. The van der Waals surface area contributed by atoms with Gasteiger partial charge in [0.25, 0.3) is 17.7 Å². The van der Waals surface area contributed by atoms with E-state index in [1.807, 2.05) is 55.5 Å². The molecule has 0 aliphatic carbocycles. The van der Waals surface area contributed by atoms with E-state index in [0.717, 1.165) is 66.4 Å². The molecule has 10 nitrogen and oxygen atoms in total. The van der Waals surface area contributed by atoms with Gasteiger partial charge in [0.05, 0.1) is 27.5 Å². The fourth-order valence-corrected chi connectivity index (χ4v) is 8.35. The molecule has 1 spiro atoms. The fourth-order valence-electron chi connectivity index (χ4n) is 7.30. The molecule has 51 heavy (non-hydrogen) atoms. The summed E-state index contributed by atoms with van der Waals surface area (Å²) in [6.45, 7) is 5.69. The van der Waals surface area contributed by atoms with Crippen molar-refractivity contribution in [3.05, 3.63) is 118 Å². The number of fused-ring (bicyclic) bond motifs is 3. The molecule has 0 saturated carbocycles. The molecule has 4 N–H and O–H groups in total. The number of amides is 3. The first-order valence-corrected chi connectivity index (χ1v) is 18.0. The van der Waals surface area contributed by atoms with Crippen molar-refractivity contribution in [1.82, 2.24) is 4.98 Å². The van der Waals surface area contributed by atoms with Crippen LogP contribution in [0.1, 0.15) is 53.7 Å². The number of ether oxygens (including phenoxy) is 1. The van der Waals surface area contributed by atoms with E-state index in [4.69, 9.17) is 10.5 Å². The number of carbonyl (C=O) groups excluding carboxylic acids is 3. The summed E-state index contributed by atoms with van der Waals surface area (Å²) in [6.07, 6.45) is 4.46. The van der Waals surface area contributed by atoms with E-state index in [0.29, 0.717) is 51.8 Å². The summed E-state index contributed by atoms with van der Waals surface area (Å²) in [4.78, 5) is 51.1. The molecule has 258 valence electrons. The number of nitrogens with two attached hydrogens (primary N) is 1. The molecule has 0 unspecified atom stereocenters. The molecule has 3 aromatic carbocycles. The average molecular weight is 699 g/mol. The lowest BCUT2D eigenvalue weighted by Gasteiger charge is -2.53. The Labute approximate surface area is 300 Å². The second-order valence-corrected chi connectivity index (χ2v) is 14.7. The van der Waals surface area contributed by atoms with E-state index in [1.165, 1.54) is 11.3 Å². The minimum Gasteiger partial charge on any atom is -0.397 e. The maximum Gasteiger partial charge on any atom is 0.265 e. The summed E-state index contributed by atoms with van der Waals surface area (Å²) in [7, 11) is 0. The van der Waals surface area contributed by atoms with E-state index < -0.39 is 0 Å². The Hall–Kier alpha value is -5.52. The fraction of sp³-hybridized carbons (Fsp3) is 0.250. The molecule has 2 aromatic heterocycles. The van der Waals surface area contributed by atoms with Crippen molar-refractivity contribution in [1.29, 1.82) is 0 Å². The molecule has 8 rings (SSSR count). The van der Waals surface area contributed by atoms with E-state index in [2.05, 4.69) is 20.5 Å². The number of nitrogens with zero attached hydrogens (tertiary/aromatic N) is 3. The van der Waals surface area contributed by atoms with Crippen molar-refractivity contribution < 1.29 is 19.1 Å². The third kappa shape index (κ3) is 6.34. The lowest BCUT2D eigenvalue weighted by atomic mass is 9.73. The summed E-state index contributed by atoms with van der Waals surface area (Å²) in [5.74, 6) is 0.102. The highest BCUT2D eigenvalue weighted by molar-refractivity contribution is 7.14. The van der Waals surface area contributed by atoms with Gasteiger partial charge in [0.1, 0.15) is 5.82 Å². The zero-order valence-electron chi connectivity index (χ0n) is 28.3. The average Bonchev–Trinajstić information content (AvgIpc) is 3.50. The standard InChI is InChI=1S/C40H38N6O4S/c1-25-20-30(36(42-22-25)45-23-40(24-45)15-18-50-19-16-40)37(47)43-27-12-10-26(11-13-27)39(49)46-17-14-34-29(28-6-2-5-9-33(28)46)21-35(51-34)38(48)44-32-8-4-3-7-31(32)41/h2-13,20-22H,14-19,23-24,41H2,1H3,(H,43,47)(H,44,48). The van der Waals surface area contributed by atoms with Gasteiger partial charge >= 0.3 is 0 Å². The molecular weight excluding hydrogens is 661 g/mol. The first kappa shape index (κ1) is 32.7. The van der Waals surface area contributed by atoms with Crippen LogP contribution in [0.25, 0.3) is 11.1 Å². The van der Waals surface area contributed by atoms with E-state index in [9.17, 15) is 14.4 Å². The number of pyridine rings is 1. The molecule has 5 heterocycles. The zero-order chi connectivity index (χ0) is 35.1. The van der Waals surface area contributed by atoms with Crippen LogP contribution < -0.4 is 26.2 Å². The predicted molar refractivity (Wildman–Crippen MR) is 202 cm³/mol. The third-order valence-corrected chi connectivity index (χ3v) is 11.3. The number of thiophene rings is 1. The minimum absolute atomic E-state index is 0.141. The first-order valence-electron chi connectivity index (χ1n) is 17.2. The largest absolute Gasteiger partial charge is 0.397 e. The van der Waals surface area contributed by atoms with E-state index >= 15 is 0 Å². The maximum absolute atomic E-state index is 14.0. The van der Waals surface area contributed by atoms with E-state index in [-0.39, 0.29) is 23.1 Å². The Balaban J connectivity index is 0.974. The normalized spacial score (nSPS) is 16.0. The smallest absolute Gasteiger partial charge is 0.265 e. The Morgan fingerprint density at radius 2 is 1.63 bits per heavy atom. The number of anilines is 5. The minimum atomic E-state index is -0.235. The molecule has 0 bridgehead atoms. The van der Waals surface area contributed by atoms with Crippen LogP contribution in [-0.2, 0) is 11.2 Å². The van der Waals surface area contributed by atoms with Crippen LogP contribution in [0.5, 0.6) is 0 Å². The van der Waals surface area contributed by atoms with Crippen molar-refractivity contribution in [2.75, 3.05) is 59.0 Å². The van der Waals surface area contributed by atoms with Gasteiger partial charge in [0.15, 0.2) is 0 Å². The van der Waals surface area contributed by atoms with Crippen molar-refractivity contribution >= 4 is 57.6 Å². The second kappa shape index (κ2) is 13.3. The summed E-state index contributed by atoms with van der Waals surface area (Å²) < 4.78 is 5.57. The molecule has 2 fully saturated rings. The van der Waals surface area contributed by atoms with Crippen molar-refractivity contribution in [3.63, 3.8) is 0 Å². The van der Waals surface area contributed by atoms with Crippen LogP contribution in [0.4, 0.5) is 28.6 Å².